The second-order valence-corrected chi connectivity index (χ2v) is 14.5. The van der Waals surface area contributed by atoms with Gasteiger partial charge in [0.05, 0.1) is 12.7 Å². The molecule has 11 atom stereocenters. The molecule has 36 heavy (non-hydrogen) atoms. The van der Waals surface area contributed by atoms with Gasteiger partial charge in [0.2, 0.25) is 0 Å². The minimum atomic E-state index is -0.317. The van der Waals surface area contributed by atoms with Gasteiger partial charge < -0.3 is 19.5 Å². The molecule has 6 fully saturated rings. The van der Waals surface area contributed by atoms with Gasteiger partial charge in [-0.3, -0.25) is 0 Å². The van der Waals surface area contributed by atoms with Gasteiger partial charge in [-0.1, -0.05) is 39.3 Å². The molecular weight excluding hydrogens is 450 g/mol. The van der Waals surface area contributed by atoms with Crippen LogP contribution in [-0.4, -0.2) is 36.7 Å². The highest BCUT2D eigenvalue weighted by Gasteiger charge is 2.68. The van der Waals surface area contributed by atoms with Gasteiger partial charge >= 0.3 is 6.09 Å². The van der Waals surface area contributed by atoms with Gasteiger partial charge in [0.15, 0.2) is 5.79 Å². The van der Waals surface area contributed by atoms with Gasteiger partial charge in [-0.15, -0.1) is 0 Å². The minimum Gasteiger partial charge on any atom is -0.446 e. The van der Waals surface area contributed by atoms with Crippen LogP contribution < -0.4 is 5.32 Å². The van der Waals surface area contributed by atoms with Gasteiger partial charge in [0.25, 0.3) is 0 Å². The molecule has 0 bridgehead atoms. The highest BCUT2D eigenvalue weighted by atomic mass is 16.7. The lowest BCUT2D eigenvalue weighted by atomic mass is 9.47. The van der Waals surface area contributed by atoms with Crippen LogP contribution >= 0.6 is 0 Å². The Balaban J connectivity index is 1.07. The standard InChI is InChI=1S/C31H47NO4/c1-18-9-14-31(34-17-18)19(2)27-26(36-31)16-25-23-8-5-20-15-22(35-28(33)32-21-6-7-21)10-12-29(20,3)24(23)11-13-30(25,27)4/h5,18-19,21-27H,6-17H2,1-4H3,(H,32,33)/t18-,19+,22+,23-,24+,25+,26+,27+,29+,30+,31-/m1/s1. The van der Waals surface area contributed by atoms with E-state index < -0.39 is 0 Å². The van der Waals surface area contributed by atoms with Crippen LogP contribution in [0.25, 0.3) is 0 Å². The highest BCUT2D eigenvalue weighted by molar-refractivity contribution is 5.68. The second kappa shape index (κ2) is 8.21. The van der Waals surface area contributed by atoms with Crippen molar-refractivity contribution in [1.82, 2.24) is 5.32 Å². The lowest BCUT2D eigenvalue weighted by Gasteiger charge is -2.58. The Bertz CT molecular complexity index is 935. The zero-order chi connectivity index (χ0) is 24.9. The molecule has 4 saturated carbocycles. The molecule has 0 unspecified atom stereocenters. The van der Waals surface area contributed by atoms with Crippen molar-refractivity contribution in [3.8, 4) is 0 Å². The summed E-state index contributed by atoms with van der Waals surface area (Å²) in [5.41, 5.74) is 2.21. The van der Waals surface area contributed by atoms with Gasteiger partial charge in [-0.05, 0) is 98.2 Å². The van der Waals surface area contributed by atoms with Crippen molar-refractivity contribution in [2.24, 2.45) is 46.3 Å². The number of carbonyl (C=O) groups excluding carboxylic acids is 1. The van der Waals surface area contributed by atoms with E-state index in [2.05, 4.69) is 39.1 Å². The monoisotopic (exact) mass is 497 g/mol. The normalized spacial score (nSPS) is 53.6. The van der Waals surface area contributed by atoms with E-state index in [1.54, 1.807) is 5.57 Å². The lowest BCUT2D eigenvalue weighted by molar-refractivity contribution is -0.272. The van der Waals surface area contributed by atoms with Gasteiger partial charge in [0.1, 0.15) is 6.10 Å². The minimum absolute atomic E-state index is 0.0444. The Hall–Kier alpha value is -1.07. The van der Waals surface area contributed by atoms with E-state index in [-0.39, 0.29) is 23.4 Å². The summed E-state index contributed by atoms with van der Waals surface area (Å²) in [4.78, 5) is 12.3. The van der Waals surface area contributed by atoms with Crippen LogP contribution in [0, 0.1) is 46.3 Å². The molecule has 2 saturated heterocycles. The van der Waals surface area contributed by atoms with Crippen molar-refractivity contribution >= 4 is 6.09 Å². The van der Waals surface area contributed by atoms with Gasteiger partial charge in [0, 0.05) is 24.8 Å². The summed E-state index contributed by atoms with van der Waals surface area (Å²) in [7, 11) is 0. The molecule has 1 N–H and O–H groups in total. The smallest absolute Gasteiger partial charge is 0.407 e. The van der Waals surface area contributed by atoms with E-state index in [1.807, 2.05) is 0 Å². The van der Waals surface area contributed by atoms with Gasteiger partial charge in [-0.25, -0.2) is 4.79 Å². The summed E-state index contributed by atoms with van der Waals surface area (Å²) in [6, 6.07) is 0.360. The van der Waals surface area contributed by atoms with Crippen LogP contribution in [0.3, 0.4) is 0 Å². The topological polar surface area (TPSA) is 56.8 Å². The fraction of sp³-hybridized carbons (Fsp3) is 0.903. The van der Waals surface area contributed by atoms with Crippen molar-refractivity contribution in [3.63, 3.8) is 0 Å². The zero-order valence-electron chi connectivity index (χ0n) is 22.9. The summed E-state index contributed by atoms with van der Waals surface area (Å²) in [5, 5.41) is 3.00. The van der Waals surface area contributed by atoms with E-state index in [1.165, 1.54) is 32.1 Å². The van der Waals surface area contributed by atoms with E-state index in [9.17, 15) is 4.79 Å². The number of rotatable bonds is 2. The third-order valence-corrected chi connectivity index (χ3v) is 12.5. The summed E-state index contributed by atoms with van der Waals surface area (Å²) in [6.07, 6.45) is 15.5. The fourth-order valence-electron chi connectivity index (χ4n) is 10.3. The highest BCUT2D eigenvalue weighted by Crippen LogP contribution is 2.70. The molecule has 0 radical (unpaired) electrons. The van der Waals surface area contributed by atoms with Crippen molar-refractivity contribution in [2.75, 3.05) is 6.61 Å². The molecule has 7 aliphatic rings. The maximum atomic E-state index is 12.3. The first-order chi connectivity index (χ1) is 17.2. The van der Waals surface area contributed by atoms with Crippen molar-refractivity contribution in [2.45, 2.75) is 122 Å². The van der Waals surface area contributed by atoms with Crippen molar-refractivity contribution < 1.29 is 19.0 Å². The molecule has 0 aromatic rings. The first-order valence-electron chi connectivity index (χ1n) is 15.2. The summed E-state index contributed by atoms with van der Waals surface area (Å²) in [5.74, 6) is 3.72. The molecule has 1 amide bonds. The number of hydrogen-bond acceptors (Lipinski definition) is 4. The molecular formula is C31H47NO4. The zero-order valence-corrected chi connectivity index (χ0v) is 22.9. The Labute approximate surface area is 217 Å². The van der Waals surface area contributed by atoms with Crippen LogP contribution in [0.5, 0.6) is 0 Å². The van der Waals surface area contributed by atoms with Crippen molar-refractivity contribution in [3.05, 3.63) is 11.6 Å². The maximum Gasteiger partial charge on any atom is 0.407 e. The van der Waals surface area contributed by atoms with Crippen LogP contribution in [0.4, 0.5) is 4.79 Å². The van der Waals surface area contributed by atoms with Crippen LogP contribution in [0.1, 0.15) is 98.3 Å². The van der Waals surface area contributed by atoms with E-state index in [0.29, 0.717) is 35.3 Å². The Kier molecular flexibility index (Phi) is 5.48. The number of allylic oxidation sites excluding steroid dienone is 1. The number of amides is 1. The SMILES string of the molecule is C[C@@H]1CC[C@@]2(OC1)O[C@H]1C[C@H]3[C@@H]4CC=C5C[C@@H](OC(=O)NC6CC6)CC[C@]5(C)[C@H]4CC[C@]3(C)[C@H]1[C@@H]2C. The Morgan fingerprint density at radius 1 is 1.06 bits per heavy atom. The number of hydrogen-bond donors (Lipinski definition) is 1. The molecule has 0 aromatic carbocycles. The predicted octanol–water partition coefficient (Wildman–Crippen LogP) is 6.61. The Morgan fingerprint density at radius 2 is 1.89 bits per heavy atom. The molecule has 5 heteroatoms. The summed E-state index contributed by atoms with van der Waals surface area (Å²) >= 11 is 0. The maximum absolute atomic E-state index is 12.3. The first kappa shape index (κ1) is 24.0. The number of carbonyl (C=O) groups is 1. The number of nitrogens with one attached hydrogen (secondary N) is 1. The lowest BCUT2D eigenvalue weighted by Crippen LogP contribution is -2.52. The van der Waals surface area contributed by atoms with E-state index in [0.717, 1.165) is 62.9 Å². The quantitative estimate of drug-likeness (QED) is 0.436. The Morgan fingerprint density at radius 3 is 2.64 bits per heavy atom. The second-order valence-electron chi connectivity index (χ2n) is 14.5. The number of alkyl carbamates (subject to hydrolysis) is 1. The fourth-order valence-corrected chi connectivity index (χ4v) is 10.3. The average Bonchev–Trinajstić information content (AvgIpc) is 3.54. The van der Waals surface area contributed by atoms with E-state index in [4.69, 9.17) is 14.2 Å². The molecule has 1 spiro atoms. The molecule has 2 heterocycles. The third-order valence-electron chi connectivity index (χ3n) is 12.5. The summed E-state index contributed by atoms with van der Waals surface area (Å²) in [6.45, 7) is 10.8. The largest absolute Gasteiger partial charge is 0.446 e. The average molecular weight is 498 g/mol. The van der Waals surface area contributed by atoms with Crippen LogP contribution in [0.2, 0.25) is 0 Å². The molecule has 5 nitrogen and oxygen atoms in total. The first-order valence-corrected chi connectivity index (χ1v) is 15.2. The van der Waals surface area contributed by atoms with Crippen LogP contribution in [-0.2, 0) is 14.2 Å². The van der Waals surface area contributed by atoms with E-state index >= 15 is 0 Å². The third kappa shape index (κ3) is 3.50. The number of fused-ring (bicyclic) bond motifs is 7. The molecule has 7 rings (SSSR count). The predicted molar refractivity (Wildman–Crippen MR) is 138 cm³/mol. The number of ether oxygens (including phenoxy) is 3. The van der Waals surface area contributed by atoms with Gasteiger partial charge in [-0.2, -0.15) is 0 Å². The molecule has 200 valence electrons. The van der Waals surface area contributed by atoms with Crippen LogP contribution in [0.15, 0.2) is 11.6 Å². The molecule has 5 aliphatic carbocycles. The van der Waals surface area contributed by atoms with Crippen molar-refractivity contribution in [1.29, 1.82) is 0 Å². The molecule has 2 aliphatic heterocycles. The summed E-state index contributed by atoms with van der Waals surface area (Å²) < 4.78 is 19.3. The molecule has 0 aromatic heterocycles.